The number of nitriles is 1. The first-order valence-electron chi connectivity index (χ1n) is 3.54. The molecule has 1 saturated heterocycles. The van der Waals surface area contributed by atoms with Crippen LogP contribution >= 0.6 is 0 Å². The van der Waals surface area contributed by atoms with Gasteiger partial charge in [0.15, 0.2) is 0 Å². The van der Waals surface area contributed by atoms with Gasteiger partial charge in [0.25, 0.3) is 0 Å². The molecule has 0 spiro atoms. The van der Waals surface area contributed by atoms with Crippen molar-refractivity contribution in [2.75, 3.05) is 13.2 Å². The number of nitrogens with zero attached hydrogens (tertiary/aromatic N) is 1. The Bertz CT molecular complexity index is 292. The Morgan fingerprint density at radius 3 is 2.67 bits per heavy atom. The number of sulfonamides is 1. The van der Waals surface area contributed by atoms with Gasteiger partial charge in [-0.05, 0) is 6.42 Å². The summed E-state index contributed by atoms with van der Waals surface area (Å²) in [5, 5.41) is 12.7. The molecular formula is C6H10N2O3S. The fourth-order valence-corrected chi connectivity index (χ4v) is 2.12. The second-order valence-electron chi connectivity index (χ2n) is 2.73. The molecule has 0 aromatic carbocycles. The van der Waals surface area contributed by atoms with Gasteiger partial charge in [0, 0.05) is 6.61 Å². The van der Waals surface area contributed by atoms with Gasteiger partial charge >= 0.3 is 0 Å². The lowest BCUT2D eigenvalue weighted by atomic mass is 10.0. The fourth-order valence-electron chi connectivity index (χ4n) is 1.18. The molecule has 2 N–H and O–H groups in total. The van der Waals surface area contributed by atoms with Crippen LogP contribution in [0, 0.1) is 17.2 Å². The van der Waals surface area contributed by atoms with E-state index >= 15 is 0 Å². The van der Waals surface area contributed by atoms with Gasteiger partial charge in [-0.2, -0.15) is 5.26 Å². The molecule has 0 radical (unpaired) electrons. The van der Waals surface area contributed by atoms with Crippen LogP contribution in [0.4, 0.5) is 0 Å². The first-order chi connectivity index (χ1) is 5.55. The Kier molecular flexibility index (Phi) is 2.67. The number of rotatable bonds is 1. The molecule has 0 unspecified atom stereocenters. The predicted molar refractivity (Wildman–Crippen MR) is 41.4 cm³/mol. The van der Waals surface area contributed by atoms with E-state index in [4.69, 9.17) is 15.1 Å². The second kappa shape index (κ2) is 3.39. The number of nitrogens with two attached hydrogens (primary N) is 1. The van der Waals surface area contributed by atoms with E-state index in [-0.39, 0.29) is 6.61 Å². The molecule has 0 amide bonds. The normalized spacial score (nSPS) is 31.0. The summed E-state index contributed by atoms with van der Waals surface area (Å²) in [5.41, 5.74) is 0. The van der Waals surface area contributed by atoms with Crippen LogP contribution in [-0.2, 0) is 14.8 Å². The zero-order valence-corrected chi connectivity index (χ0v) is 7.25. The lowest BCUT2D eigenvalue weighted by molar-refractivity contribution is 0.0829. The average molecular weight is 190 g/mol. The number of primary sulfonamides is 1. The van der Waals surface area contributed by atoms with Crippen molar-refractivity contribution in [2.45, 2.75) is 11.7 Å². The Morgan fingerprint density at radius 2 is 2.25 bits per heavy atom. The highest BCUT2D eigenvalue weighted by atomic mass is 32.2. The zero-order valence-electron chi connectivity index (χ0n) is 6.43. The molecule has 1 fully saturated rings. The Hall–Kier alpha value is -0.640. The van der Waals surface area contributed by atoms with Crippen molar-refractivity contribution in [1.82, 2.24) is 0 Å². The summed E-state index contributed by atoms with van der Waals surface area (Å²) in [6.07, 6.45) is 0.442. The van der Waals surface area contributed by atoms with Crippen LogP contribution in [0.5, 0.6) is 0 Å². The first-order valence-corrected chi connectivity index (χ1v) is 5.15. The summed E-state index contributed by atoms with van der Waals surface area (Å²) in [6, 6.07) is 1.92. The topological polar surface area (TPSA) is 93.2 Å². The Morgan fingerprint density at radius 1 is 1.58 bits per heavy atom. The molecule has 0 bridgehead atoms. The summed E-state index contributed by atoms with van der Waals surface area (Å²) in [5.74, 6) is -0.520. The van der Waals surface area contributed by atoms with Crippen LogP contribution in [0.1, 0.15) is 6.42 Å². The van der Waals surface area contributed by atoms with Crippen molar-refractivity contribution < 1.29 is 13.2 Å². The largest absolute Gasteiger partial charge is 0.380 e. The standard InChI is InChI=1S/C6H10N2O3S/c7-3-5-1-2-11-4-6(5)12(8,9)10/h5-6H,1-2,4H2,(H2,8,9,10)/t5-,6-/m1/s1. The highest BCUT2D eigenvalue weighted by Crippen LogP contribution is 2.19. The molecular weight excluding hydrogens is 180 g/mol. The van der Waals surface area contributed by atoms with Crippen LogP contribution in [0.25, 0.3) is 0 Å². The summed E-state index contributed by atoms with van der Waals surface area (Å²) in [7, 11) is -3.63. The third kappa shape index (κ3) is 1.94. The van der Waals surface area contributed by atoms with E-state index in [0.717, 1.165) is 0 Å². The van der Waals surface area contributed by atoms with Gasteiger partial charge in [-0.25, -0.2) is 13.6 Å². The molecule has 1 aliphatic rings. The van der Waals surface area contributed by atoms with Crippen molar-refractivity contribution in [2.24, 2.45) is 11.1 Å². The van der Waals surface area contributed by atoms with Crippen molar-refractivity contribution in [1.29, 1.82) is 5.26 Å². The van der Waals surface area contributed by atoms with Crippen LogP contribution in [0.15, 0.2) is 0 Å². The summed E-state index contributed by atoms with van der Waals surface area (Å²) in [6.45, 7) is 0.474. The van der Waals surface area contributed by atoms with Gasteiger partial charge in [0.1, 0.15) is 5.25 Å². The van der Waals surface area contributed by atoms with Crippen LogP contribution in [0.3, 0.4) is 0 Å². The van der Waals surface area contributed by atoms with Gasteiger partial charge in [-0.1, -0.05) is 0 Å². The van der Waals surface area contributed by atoms with E-state index in [9.17, 15) is 8.42 Å². The van der Waals surface area contributed by atoms with Gasteiger partial charge < -0.3 is 4.74 Å². The van der Waals surface area contributed by atoms with E-state index in [2.05, 4.69) is 0 Å². The average Bonchev–Trinajstić information content (AvgIpc) is 2.03. The van der Waals surface area contributed by atoms with Crippen molar-refractivity contribution in [3.05, 3.63) is 0 Å². The molecule has 0 aromatic rings. The van der Waals surface area contributed by atoms with Gasteiger partial charge in [-0.3, -0.25) is 0 Å². The number of ether oxygens (including phenoxy) is 1. The molecule has 68 valence electrons. The van der Waals surface area contributed by atoms with Gasteiger partial charge in [0.05, 0.1) is 18.6 Å². The Balaban J connectivity index is 2.81. The molecule has 0 saturated carbocycles. The third-order valence-corrected chi connectivity index (χ3v) is 3.20. The van der Waals surface area contributed by atoms with E-state index in [1.165, 1.54) is 0 Å². The maximum Gasteiger partial charge on any atom is 0.215 e. The number of hydrogen-bond acceptors (Lipinski definition) is 4. The minimum atomic E-state index is -3.63. The summed E-state index contributed by atoms with van der Waals surface area (Å²) >= 11 is 0. The SMILES string of the molecule is N#C[C@H]1CCOC[C@H]1S(N)(=O)=O. The van der Waals surface area contributed by atoms with E-state index < -0.39 is 21.2 Å². The Labute approximate surface area is 71.2 Å². The molecule has 2 atom stereocenters. The highest BCUT2D eigenvalue weighted by Gasteiger charge is 2.34. The quantitative estimate of drug-likeness (QED) is 0.586. The van der Waals surface area contributed by atoms with Crippen LogP contribution in [0.2, 0.25) is 0 Å². The van der Waals surface area contributed by atoms with E-state index in [0.29, 0.717) is 13.0 Å². The molecule has 12 heavy (non-hydrogen) atoms. The summed E-state index contributed by atoms with van der Waals surface area (Å²) in [4.78, 5) is 0. The van der Waals surface area contributed by atoms with Crippen molar-refractivity contribution in [3.8, 4) is 6.07 Å². The molecule has 1 heterocycles. The summed E-state index contributed by atoms with van der Waals surface area (Å²) < 4.78 is 26.7. The number of hydrogen-bond donors (Lipinski definition) is 1. The smallest absolute Gasteiger partial charge is 0.215 e. The molecule has 0 aliphatic carbocycles. The minimum absolute atomic E-state index is 0.0388. The fraction of sp³-hybridized carbons (Fsp3) is 0.833. The van der Waals surface area contributed by atoms with Crippen LogP contribution in [-0.4, -0.2) is 26.9 Å². The van der Waals surface area contributed by atoms with Gasteiger partial charge in [0.2, 0.25) is 10.0 Å². The van der Waals surface area contributed by atoms with E-state index in [1.54, 1.807) is 0 Å². The molecule has 6 heteroatoms. The zero-order chi connectivity index (χ0) is 9.19. The molecule has 1 rings (SSSR count). The van der Waals surface area contributed by atoms with E-state index in [1.807, 2.05) is 6.07 Å². The first kappa shape index (κ1) is 9.45. The maximum absolute atomic E-state index is 10.9. The van der Waals surface area contributed by atoms with Crippen molar-refractivity contribution in [3.63, 3.8) is 0 Å². The lowest BCUT2D eigenvalue weighted by Crippen LogP contribution is -2.41. The maximum atomic E-state index is 10.9. The van der Waals surface area contributed by atoms with Gasteiger partial charge in [-0.15, -0.1) is 0 Å². The molecule has 0 aromatic heterocycles. The third-order valence-electron chi connectivity index (χ3n) is 1.89. The predicted octanol–water partition coefficient (Wildman–Crippen LogP) is -0.796. The van der Waals surface area contributed by atoms with Crippen molar-refractivity contribution >= 4 is 10.0 Å². The molecule has 5 nitrogen and oxygen atoms in total. The monoisotopic (exact) mass is 190 g/mol. The minimum Gasteiger partial charge on any atom is -0.380 e. The second-order valence-corrected chi connectivity index (χ2v) is 4.51. The lowest BCUT2D eigenvalue weighted by Gasteiger charge is -2.24. The molecule has 1 aliphatic heterocycles. The van der Waals surface area contributed by atoms with Crippen LogP contribution < -0.4 is 5.14 Å². The highest BCUT2D eigenvalue weighted by molar-refractivity contribution is 7.89.